The number of amides is 3. The van der Waals surface area contributed by atoms with Gasteiger partial charge < -0.3 is 9.64 Å². The molecule has 3 rings (SSSR count). The number of carbonyl (C=O) groups excluding carboxylic acids is 3. The zero-order valence-corrected chi connectivity index (χ0v) is 11.7. The van der Waals surface area contributed by atoms with Gasteiger partial charge in [-0.1, -0.05) is 6.07 Å². The molecule has 7 heteroatoms. The molecule has 0 aromatic heterocycles. The average Bonchev–Trinajstić information content (AvgIpc) is 3.13. The summed E-state index contributed by atoms with van der Waals surface area (Å²) in [6, 6.07) is 8.11. The van der Waals surface area contributed by atoms with Crippen molar-refractivity contribution in [1.29, 1.82) is 5.26 Å². The number of hydrogen-bond acceptors (Lipinski definition) is 5. The molecule has 2 fully saturated rings. The number of likely N-dealkylation sites (tertiary alicyclic amines) is 1. The molecule has 0 unspecified atom stereocenters. The fraction of sp³-hybridized carbons (Fsp3) is 0.333. The smallest absolute Gasteiger partial charge is 0.417 e. The molecule has 0 radical (unpaired) electrons. The van der Waals surface area contributed by atoms with E-state index in [9.17, 15) is 14.4 Å². The van der Waals surface area contributed by atoms with Crippen LogP contribution in [0.2, 0.25) is 0 Å². The van der Waals surface area contributed by atoms with Crippen LogP contribution in [0.15, 0.2) is 24.3 Å². The van der Waals surface area contributed by atoms with Gasteiger partial charge in [0.15, 0.2) is 6.61 Å². The number of nitriles is 1. The SMILES string of the molecule is N#Cc1cccc(C(=O)N2CC[C@@H](N3C(=O)COC3=O)C2)c1. The standard InChI is InChI=1S/C15H13N3O4/c16-7-10-2-1-3-11(6-10)14(20)17-5-4-12(8-17)18-13(19)9-22-15(18)21/h1-3,6,12H,4-5,8-9H2/t12-/m1/s1. The number of ether oxygens (including phenoxy) is 1. The van der Waals surface area contributed by atoms with E-state index >= 15 is 0 Å². The molecule has 0 N–H and O–H groups in total. The minimum atomic E-state index is -0.643. The maximum atomic E-state index is 12.4. The van der Waals surface area contributed by atoms with Gasteiger partial charge in [0, 0.05) is 18.7 Å². The molecule has 3 amide bonds. The van der Waals surface area contributed by atoms with Crippen LogP contribution in [0.3, 0.4) is 0 Å². The Morgan fingerprint density at radius 1 is 1.36 bits per heavy atom. The highest BCUT2D eigenvalue weighted by atomic mass is 16.6. The van der Waals surface area contributed by atoms with Crippen LogP contribution in [0, 0.1) is 11.3 Å². The predicted molar refractivity (Wildman–Crippen MR) is 73.7 cm³/mol. The molecule has 2 saturated heterocycles. The van der Waals surface area contributed by atoms with Crippen LogP contribution in [0.5, 0.6) is 0 Å². The highest BCUT2D eigenvalue weighted by Gasteiger charge is 2.41. The van der Waals surface area contributed by atoms with E-state index in [1.807, 2.05) is 6.07 Å². The van der Waals surface area contributed by atoms with Crippen molar-refractivity contribution in [3.8, 4) is 6.07 Å². The first-order chi connectivity index (χ1) is 10.6. The molecule has 2 aliphatic heterocycles. The molecule has 0 saturated carbocycles. The summed E-state index contributed by atoms with van der Waals surface area (Å²) in [6.45, 7) is 0.515. The molecule has 1 aromatic rings. The van der Waals surface area contributed by atoms with Crippen molar-refractivity contribution in [3.63, 3.8) is 0 Å². The highest BCUT2D eigenvalue weighted by molar-refractivity contribution is 5.98. The maximum absolute atomic E-state index is 12.4. The van der Waals surface area contributed by atoms with E-state index in [1.54, 1.807) is 23.1 Å². The van der Waals surface area contributed by atoms with Crippen molar-refractivity contribution in [2.24, 2.45) is 0 Å². The Balaban J connectivity index is 1.72. The zero-order chi connectivity index (χ0) is 15.7. The number of rotatable bonds is 2. The van der Waals surface area contributed by atoms with Crippen LogP contribution < -0.4 is 0 Å². The summed E-state index contributed by atoms with van der Waals surface area (Å²) in [5.74, 6) is -0.574. The van der Waals surface area contributed by atoms with E-state index < -0.39 is 6.09 Å². The molecule has 22 heavy (non-hydrogen) atoms. The summed E-state index contributed by atoms with van der Waals surface area (Å²) in [4.78, 5) is 38.3. The summed E-state index contributed by atoms with van der Waals surface area (Å²) < 4.78 is 4.70. The summed E-state index contributed by atoms with van der Waals surface area (Å²) in [7, 11) is 0. The Morgan fingerprint density at radius 3 is 2.86 bits per heavy atom. The van der Waals surface area contributed by atoms with Crippen molar-refractivity contribution in [2.75, 3.05) is 19.7 Å². The predicted octanol–water partition coefficient (Wildman–Crippen LogP) is 0.752. The lowest BCUT2D eigenvalue weighted by atomic mass is 10.1. The van der Waals surface area contributed by atoms with Crippen molar-refractivity contribution >= 4 is 17.9 Å². The first-order valence-electron chi connectivity index (χ1n) is 6.88. The van der Waals surface area contributed by atoms with Crippen molar-refractivity contribution in [1.82, 2.24) is 9.80 Å². The van der Waals surface area contributed by atoms with E-state index in [0.717, 1.165) is 4.90 Å². The van der Waals surface area contributed by atoms with Crippen LogP contribution in [0.25, 0.3) is 0 Å². The van der Waals surface area contributed by atoms with Crippen LogP contribution in [-0.2, 0) is 9.53 Å². The first-order valence-corrected chi connectivity index (χ1v) is 6.88. The summed E-state index contributed by atoms with van der Waals surface area (Å²) in [6.07, 6.45) is -0.111. The van der Waals surface area contributed by atoms with Gasteiger partial charge in [-0.2, -0.15) is 5.26 Å². The fourth-order valence-electron chi connectivity index (χ4n) is 2.76. The number of cyclic esters (lactones) is 1. The third-order valence-corrected chi connectivity index (χ3v) is 3.84. The molecule has 1 aromatic carbocycles. The quantitative estimate of drug-likeness (QED) is 0.803. The molecule has 0 bridgehead atoms. The normalized spacial score (nSPS) is 21.0. The molecule has 112 valence electrons. The Hall–Kier alpha value is -2.88. The topological polar surface area (TPSA) is 90.7 Å². The van der Waals surface area contributed by atoms with Gasteiger partial charge in [-0.25, -0.2) is 9.69 Å². The number of hydrogen-bond donors (Lipinski definition) is 0. The summed E-state index contributed by atoms with van der Waals surface area (Å²) >= 11 is 0. The Kier molecular flexibility index (Phi) is 3.51. The van der Waals surface area contributed by atoms with E-state index in [2.05, 4.69) is 0 Å². The largest absolute Gasteiger partial charge is 0.439 e. The molecule has 0 aliphatic carbocycles. The van der Waals surface area contributed by atoms with Gasteiger partial charge >= 0.3 is 6.09 Å². The van der Waals surface area contributed by atoms with Gasteiger partial charge in [0.05, 0.1) is 17.7 Å². The van der Waals surface area contributed by atoms with Crippen molar-refractivity contribution in [3.05, 3.63) is 35.4 Å². The lowest BCUT2D eigenvalue weighted by molar-refractivity contribution is -0.127. The lowest BCUT2D eigenvalue weighted by Gasteiger charge is -2.20. The van der Waals surface area contributed by atoms with E-state index in [4.69, 9.17) is 10.00 Å². The Labute approximate surface area is 126 Å². The van der Waals surface area contributed by atoms with Gasteiger partial charge in [0.25, 0.3) is 11.8 Å². The first kappa shape index (κ1) is 14.1. The lowest BCUT2D eigenvalue weighted by Crippen LogP contribution is -2.42. The molecule has 1 atom stereocenters. The number of nitrogens with zero attached hydrogens (tertiary/aromatic N) is 3. The van der Waals surface area contributed by atoms with Crippen molar-refractivity contribution in [2.45, 2.75) is 12.5 Å². The van der Waals surface area contributed by atoms with Gasteiger partial charge in [-0.15, -0.1) is 0 Å². The minimum absolute atomic E-state index is 0.209. The number of carbonyl (C=O) groups is 3. The Bertz CT molecular complexity index is 678. The molecule has 0 spiro atoms. The van der Waals surface area contributed by atoms with Gasteiger partial charge in [-0.05, 0) is 24.6 Å². The van der Waals surface area contributed by atoms with Crippen molar-refractivity contribution < 1.29 is 19.1 Å². The van der Waals surface area contributed by atoms with Gasteiger partial charge in [0.2, 0.25) is 0 Å². The minimum Gasteiger partial charge on any atom is -0.439 e. The maximum Gasteiger partial charge on any atom is 0.417 e. The van der Waals surface area contributed by atoms with E-state index in [-0.39, 0.29) is 31.0 Å². The van der Waals surface area contributed by atoms with E-state index in [1.165, 1.54) is 6.07 Å². The van der Waals surface area contributed by atoms with Crippen LogP contribution in [-0.4, -0.2) is 53.4 Å². The molecular formula is C15H13N3O4. The molecule has 2 heterocycles. The fourth-order valence-corrected chi connectivity index (χ4v) is 2.76. The second-order valence-corrected chi connectivity index (χ2v) is 5.20. The second kappa shape index (κ2) is 5.48. The van der Waals surface area contributed by atoms with Crippen LogP contribution >= 0.6 is 0 Å². The monoisotopic (exact) mass is 299 g/mol. The Morgan fingerprint density at radius 2 is 2.18 bits per heavy atom. The average molecular weight is 299 g/mol. The third-order valence-electron chi connectivity index (χ3n) is 3.84. The van der Waals surface area contributed by atoms with Gasteiger partial charge in [-0.3, -0.25) is 9.59 Å². The molecule has 7 nitrogen and oxygen atoms in total. The molecule has 2 aliphatic rings. The molecular weight excluding hydrogens is 286 g/mol. The van der Waals surface area contributed by atoms with Crippen LogP contribution in [0.4, 0.5) is 4.79 Å². The second-order valence-electron chi connectivity index (χ2n) is 5.20. The van der Waals surface area contributed by atoms with E-state index in [0.29, 0.717) is 24.1 Å². The summed E-state index contributed by atoms with van der Waals surface area (Å²) in [5.41, 5.74) is 0.843. The van der Waals surface area contributed by atoms with Crippen LogP contribution in [0.1, 0.15) is 22.3 Å². The summed E-state index contributed by atoms with van der Waals surface area (Å²) in [5, 5.41) is 8.88. The highest BCUT2D eigenvalue weighted by Crippen LogP contribution is 2.21. The zero-order valence-electron chi connectivity index (χ0n) is 11.7. The number of imide groups is 1. The number of benzene rings is 1. The van der Waals surface area contributed by atoms with Gasteiger partial charge in [0.1, 0.15) is 0 Å². The third kappa shape index (κ3) is 2.39.